The Morgan fingerprint density at radius 3 is 1.74 bits per heavy atom. The van der Waals surface area contributed by atoms with E-state index in [1.54, 1.807) is 13.8 Å². The fraction of sp³-hybridized carbons (Fsp3) is 0.857. The average molecular weight is 374 g/mol. The summed E-state index contributed by atoms with van der Waals surface area (Å²) in [6.07, 6.45) is 1.31. The number of rotatable bonds is 7. The van der Waals surface area contributed by atoms with E-state index in [9.17, 15) is 10.5 Å². The predicted octanol–water partition coefficient (Wildman–Crippen LogP) is 4.51. The summed E-state index contributed by atoms with van der Waals surface area (Å²) in [7, 11) is 0. The molecule has 0 aromatic rings. The van der Waals surface area contributed by atoms with Gasteiger partial charge in [0.05, 0.1) is 12.1 Å². The summed E-state index contributed by atoms with van der Waals surface area (Å²) in [5, 5.41) is 26.9. The first-order chi connectivity index (χ1) is 8.70. The standard InChI is InChI=1S/C14H23IN4/c1-11(2)6-13(4,9-16)18-19-14(5,10-17)7-12(3)8-15/h11-12H,6-8H2,1-5H3. The zero-order chi connectivity index (χ0) is 15.1. The van der Waals surface area contributed by atoms with Crippen LogP contribution in [0.15, 0.2) is 10.2 Å². The molecule has 19 heavy (non-hydrogen) atoms. The van der Waals surface area contributed by atoms with Gasteiger partial charge in [-0.3, -0.25) is 0 Å². The van der Waals surface area contributed by atoms with Gasteiger partial charge in [-0.2, -0.15) is 20.8 Å². The molecule has 4 nitrogen and oxygen atoms in total. The molecule has 0 heterocycles. The van der Waals surface area contributed by atoms with E-state index in [2.05, 4.69) is 51.9 Å². The first-order valence-electron chi connectivity index (χ1n) is 6.53. The lowest BCUT2D eigenvalue weighted by atomic mass is 9.92. The van der Waals surface area contributed by atoms with Gasteiger partial charge in [0, 0.05) is 4.43 Å². The molecule has 5 heteroatoms. The summed E-state index contributed by atoms with van der Waals surface area (Å²) in [5.74, 6) is 0.771. The summed E-state index contributed by atoms with van der Waals surface area (Å²) in [4.78, 5) is 0. The van der Waals surface area contributed by atoms with Crippen molar-refractivity contribution in [3.05, 3.63) is 0 Å². The van der Waals surface area contributed by atoms with Crippen molar-refractivity contribution in [2.75, 3.05) is 4.43 Å². The van der Waals surface area contributed by atoms with E-state index in [-0.39, 0.29) is 0 Å². The Hall–Kier alpha value is -0.690. The molecule has 3 unspecified atom stereocenters. The maximum Gasteiger partial charge on any atom is 0.165 e. The Bertz CT molecular complexity index is 393. The molecule has 0 amide bonds. The molecule has 0 aromatic heterocycles. The lowest BCUT2D eigenvalue weighted by molar-refractivity contribution is 0.387. The zero-order valence-corrected chi connectivity index (χ0v) is 14.6. The summed E-state index contributed by atoms with van der Waals surface area (Å²) < 4.78 is 0.978. The van der Waals surface area contributed by atoms with Crippen LogP contribution in [-0.2, 0) is 0 Å². The van der Waals surface area contributed by atoms with Crippen molar-refractivity contribution in [1.29, 1.82) is 10.5 Å². The fourth-order valence-electron chi connectivity index (χ4n) is 1.97. The van der Waals surface area contributed by atoms with Gasteiger partial charge in [-0.25, -0.2) is 0 Å². The van der Waals surface area contributed by atoms with Crippen LogP contribution in [0.25, 0.3) is 0 Å². The number of nitrogens with zero attached hydrogens (tertiary/aromatic N) is 4. The van der Waals surface area contributed by atoms with Crippen LogP contribution in [0.5, 0.6) is 0 Å². The summed E-state index contributed by atoms with van der Waals surface area (Å²) >= 11 is 2.30. The van der Waals surface area contributed by atoms with Gasteiger partial charge in [-0.15, -0.1) is 0 Å². The van der Waals surface area contributed by atoms with Crippen molar-refractivity contribution < 1.29 is 0 Å². The molecule has 0 aliphatic carbocycles. The van der Waals surface area contributed by atoms with E-state index in [0.29, 0.717) is 24.7 Å². The summed E-state index contributed by atoms with van der Waals surface area (Å²) in [6, 6.07) is 4.42. The Morgan fingerprint density at radius 2 is 1.42 bits per heavy atom. The van der Waals surface area contributed by atoms with Gasteiger partial charge in [0.1, 0.15) is 0 Å². The van der Waals surface area contributed by atoms with E-state index < -0.39 is 11.1 Å². The largest absolute Gasteiger partial charge is 0.196 e. The zero-order valence-electron chi connectivity index (χ0n) is 12.4. The van der Waals surface area contributed by atoms with E-state index >= 15 is 0 Å². The minimum absolute atomic E-state index is 0.366. The fourth-order valence-corrected chi connectivity index (χ4v) is 2.28. The smallest absolute Gasteiger partial charge is 0.165 e. The molecule has 0 spiro atoms. The first-order valence-corrected chi connectivity index (χ1v) is 8.05. The maximum absolute atomic E-state index is 9.29. The van der Waals surface area contributed by atoms with Crippen LogP contribution in [0.1, 0.15) is 47.5 Å². The normalized spacial score (nSPS) is 19.4. The van der Waals surface area contributed by atoms with Crippen molar-refractivity contribution in [3.63, 3.8) is 0 Å². The van der Waals surface area contributed by atoms with Crippen molar-refractivity contribution in [2.45, 2.75) is 58.5 Å². The molecule has 0 saturated heterocycles. The topological polar surface area (TPSA) is 72.3 Å². The van der Waals surface area contributed by atoms with Crippen LogP contribution in [0.2, 0.25) is 0 Å². The van der Waals surface area contributed by atoms with Gasteiger partial charge >= 0.3 is 0 Å². The second kappa shape index (κ2) is 7.79. The van der Waals surface area contributed by atoms with Gasteiger partial charge < -0.3 is 0 Å². The van der Waals surface area contributed by atoms with Crippen molar-refractivity contribution in [1.82, 2.24) is 0 Å². The number of nitriles is 2. The van der Waals surface area contributed by atoms with E-state index in [1.807, 2.05) is 13.8 Å². The summed E-state index contributed by atoms with van der Waals surface area (Å²) in [5.41, 5.74) is -1.67. The molecule has 0 aliphatic heterocycles. The lowest BCUT2D eigenvalue weighted by Crippen LogP contribution is -2.26. The van der Waals surface area contributed by atoms with Gasteiger partial charge in [0.2, 0.25) is 0 Å². The molecule has 0 saturated carbocycles. The monoisotopic (exact) mass is 374 g/mol. The maximum atomic E-state index is 9.29. The van der Waals surface area contributed by atoms with Crippen LogP contribution >= 0.6 is 22.6 Å². The highest BCUT2D eigenvalue weighted by molar-refractivity contribution is 14.1. The van der Waals surface area contributed by atoms with Crippen molar-refractivity contribution in [3.8, 4) is 12.1 Å². The molecule has 0 bridgehead atoms. The molecule has 0 fully saturated rings. The third-order valence-electron chi connectivity index (χ3n) is 2.79. The highest BCUT2D eigenvalue weighted by Crippen LogP contribution is 2.26. The first kappa shape index (κ1) is 18.3. The van der Waals surface area contributed by atoms with Crippen LogP contribution in [0.4, 0.5) is 0 Å². The van der Waals surface area contributed by atoms with E-state index in [1.165, 1.54) is 0 Å². The Morgan fingerprint density at radius 1 is 1.00 bits per heavy atom. The minimum atomic E-state index is -0.834. The number of hydrogen-bond acceptors (Lipinski definition) is 4. The van der Waals surface area contributed by atoms with E-state index in [4.69, 9.17) is 0 Å². The molecule has 3 atom stereocenters. The van der Waals surface area contributed by atoms with E-state index in [0.717, 1.165) is 4.43 Å². The molecule has 0 aliphatic rings. The minimum Gasteiger partial charge on any atom is -0.196 e. The molecular formula is C14H23IN4. The Labute approximate surface area is 130 Å². The molecule has 106 valence electrons. The van der Waals surface area contributed by atoms with Crippen LogP contribution in [0.3, 0.4) is 0 Å². The molecule has 0 radical (unpaired) electrons. The second-order valence-corrected chi connectivity index (χ2v) is 6.91. The molecule has 0 N–H and O–H groups in total. The summed E-state index contributed by atoms with van der Waals surface area (Å²) in [6.45, 7) is 9.75. The highest BCUT2D eigenvalue weighted by atomic mass is 127. The quantitative estimate of drug-likeness (QED) is 0.374. The molecule has 0 rings (SSSR count). The Balaban J connectivity index is 5.00. The number of hydrogen-bond donors (Lipinski definition) is 0. The number of azo groups is 1. The third-order valence-corrected chi connectivity index (χ3v) is 4.29. The molecular weight excluding hydrogens is 351 g/mol. The van der Waals surface area contributed by atoms with Crippen LogP contribution < -0.4 is 0 Å². The predicted molar refractivity (Wildman–Crippen MR) is 85.0 cm³/mol. The van der Waals surface area contributed by atoms with Gasteiger partial charge in [-0.05, 0) is 38.5 Å². The SMILES string of the molecule is CC(C)CC(C)(C#N)N=NC(C)(C#N)CC(C)CI. The van der Waals surface area contributed by atoms with Crippen LogP contribution in [0, 0.1) is 34.5 Å². The average Bonchev–Trinajstić information content (AvgIpc) is 2.35. The molecule has 0 aromatic carbocycles. The Kier molecular flexibility index (Phi) is 7.51. The number of halogens is 1. The van der Waals surface area contributed by atoms with Crippen LogP contribution in [-0.4, -0.2) is 15.5 Å². The highest BCUT2D eigenvalue weighted by Gasteiger charge is 2.30. The number of alkyl halides is 1. The van der Waals surface area contributed by atoms with Gasteiger partial charge in [0.15, 0.2) is 11.1 Å². The van der Waals surface area contributed by atoms with Gasteiger partial charge in [-0.1, -0.05) is 43.4 Å². The van der Waals surface area contributed by atoms with Gasteiger partial charge in [0.25, 0.3) is 0 Å². The lowest BCUT2D eigenvalue weighted by Gasteiger charge is -2.22. The van der Waals surface area contributed by atoms with Crippen molar-refractivity contribution in [2.24, 2.45) is 22.1 Å². The second-order valence-electron chi connectivity index (χ2n) is 6.03. The van der Waals surface area contributed by atoms with Crippen molar-refractivity contribution >= 4 is 22.6 Å². The third kappa shape index (κ3) is 6.87.